The van der Waals surface area contributed by atoms with Gasteiger partial charge in [0, 0.05) is 25.2 Å². The van der Waals surface area contributed by atoms with Crippen molar-refractivity contribution in [2.24, 2.45) is 0 Å². The van der Waals surface area contributed by atoms with Crippen molar-refractivity contribution in [3.8, 4) is 11.1 Å². The summed E-state index contributed by atoms with van der Waals surface area (Å²) in [4.78, 5) is 32.4. The molecule has 168 valence electrons. The fourth-order valence-electron chi connectivity index (χ4n) is 3.57. The number of carboxylic acid groups (broad SMARTS) is 1. The molecule has 0 spiro atoms. The minimum Gasteiger partial charge on any atom is -0.478 e. The number of ketones is 1. The second-order valence-electron chi connectivity index (χ2n) is 7.92. The second kappa shape index (κ2) is 11.3. The van der Waals surface area contributed by atoms with E-state index in [1.165, 1.54) is 6.20 Å². The highest BCUT2D eigenvalue weighted by Gasteiger charge is 2.16. The Labute approximate surface area is 188 Å². The average molecular weight is 435 g/mol. The van der Waals surface area contributed by atoms with Gasteiger partial charge in [-0.05, 0) is 35.6 Å². The number of aromatic carboxylic acids is 1. The number of pyridine rings is 1. The Morgan fingerprint density at radius 3 is 2.44 bits per heavy atom. The molecule has 0 saturated carbocycles. The van der Waals surface area contributed by atoms with E-state index in [0.717, 1.165) is 55.5 Å². The van der Waals surface area contributed by atoms with Gasteiger partial charge in [-0.2, -0.15) is 0 Å². The van der Waals surface area contributed by atoms with Crippen LogP contribution >= 0.6 is 0 Å². The van der Waals surface area contributed by atoms with Gasteiger partial charge in [0.05, 0.1) is 12.1 Å². The number of carbonyl (C=O) groups is 2. The molecule has 2 aromatic heterocycles. The lowest BCUT2D eigenvalue weighted by Gasteiger charge is -2.09. The highest BCUT2D eigenvalue weighted by Crippen LogP contribution is 2.24. The van der Waals surface area contributed by atoms with Gasteiger partial charge in [-0.3, -0.25) is 9.78 Å². The highest BCUT2D eigenvalue weighted by molar-refractivity contribution is 5.95. The SMILES string of the molecule is CCCCCc1nc(C(=O)CCCC)nn1Cc1ccc(-c2ccncc2C(=O)O)cc1. The van der Waals surface area contributed by atoms with Gasteiger partial charge < -0.3 is 5.11 Å². The summed E-state index contributed by atoms with van der Waals surface area (Å²) < 4.78 is 1.83. The van der Waals surface area contributed by atoms with Crippen LogP contribution in [0.4, 0.5) is 0 Å². The summed E-state index contributed by atoms with van der Waals surface area (Å²) in [6.45, 7) is 4.73. The highest BCUT2D eigenvalue weighted by atomic mass is 16.4. The zero-order chi connectivity index (χ0) is 22.9. The van der Waals surface area contributed by atoms with Gasteiger partial charge in [-0.15, -0.1) is 5.10 Å². The number of aromatic nitrogens is 4. The molecule has 0 amide bonds. The van der Waals surface area contributed by atoms with Crippen molar-refractivity contribution in [3.05, 3.63) is 65.5 Å². The molecule has 1 aromatic carbocycles. The smallest absolute Gasteiger partial charge is 0.337 e. The van der Waals surface area contributed by atoms with Gasteiger partial charge in [-0.1, -0.05) is 57.4 Å². The van der Waals surface area contributed by atoms with Crippen molar-refractivity contribution < 1.29 is 14.7 Å². The largest absolute Gasteiger partial charge is 0.478 e. The molecule has 0 unspecified atom stereocenters. The van der Waals surface area contributed by atoms with Crippen LogP contribution in [0, 0.1) is 0 Å². The van der Waals surface area contributed by atoms with Crippen molar-refractivity contribution in [2.45, 2.75) is 65.3 Å². The molecule has 32 heavy (non-hydrogen) atoms. The first-order valence-electron chi connectivity index (χ1n) is 11.3. The molecule has 0 bridgehead atoms. The Kier molecular flexibility index (Phi) is 8.25. The molecule has 2 heterocycles. The molecule has 0 saturated heterocycles. The summed E-state index contributed by atoms with van der Waals surface area (Å²) >= 11 is 0. The van der Waals surface area contributed by atoms with E-state index in [1.54, 1.807) is 12.3 Å². The Bertz CT molecular complexity index is 1060. The summed E-state index contributed by atoms with van der Waals surface area (Å²) in [5, 5.41) is 13.9. The standard InChI is InChI=1S/C25H30N4O3/c1-3-5-7-9-23-27-24(22(30)8-6-4-2)28-29(23)17-18-10-12-19(13-11-18)20-14-15-26-16-21(20)25(31)32/h10-16H,3-9,17H2,1-2H3,(H,31,32). The Hall–Kier alpha value is -3.35. The first-order valence-corrected chi connectivity index (χ1v) is 11.3. The van der Waals surface area contributed by atoms with Crippen molar-refractivity contribution >= 4 is 11.8 Å². The van der Waals surface area contributed by atoms with Gasteiger partial charge in [0.25, 0.3) is 0 Å². The Balaban J connectivity index is 1.82. The third kappa shape index (κ3) is 5.87. The van der Waals surface area contributed by atoms with Crippen LogP contribution in [-0.4, -0.2) is 36.6 Å². The number of benzene rings is 1. The third-order valence-corrected chi connectivity index (χ3v) is 5.41. The molecule has 0 fully saturated rings. The quantitative estimate of drug-likeness (QED) is 0.311. The molecule has 0 aliphatic heterocycles. The van der Waals surface area contributed by atoms with E-state index in [-0.39, 0.29) is 11.3 Å². The summed E-state index contributed by atoms with van der Waals surface area (Å²) in [7, 11) is 0. The molecule has 1 N–H and O–H groups in total. The van der Waals surface area contributed by atoms with Crippen molar-refractivity contribution in [1.29, 1.82) is 0 Å². The lowest BCUT2D eigenvalue weighted by Crippen LogP contribution is -2.08. The third-order valence-electron chi connectivity index (χ3n) is 5.41. The number of carboxylic acids is 1. The maximum atomic E-state index is 12.4. The topological polar surface area (TPSA) is 98.0 Å². The van der Waals surface area contributed by atoms with Crippen LogP contribution in [0.5, 0.6) is 0 Å². The van der Waals surface area contributed by atoms with Gasteiger partial charge in [0.1, 0.15) is 5.82 Å². The lowest BCUT2D eigenvalue weighted by molar-refractivity contribution is 0.0697. The number of hydrogen-bond donors (Lipinski definition) is 1. The number of hydrogen-bond acceptors (Lipinski definition) is 5. The molecule has 3 rings (SSSR count). The van der Waals surface area contributed by atoms with E-state index in [2.05, 4.69) is 28.9 Å². The zero-order valence-corrected chi connectivity index (χ0v) is 18.8. The predicted molar refractivity (Wildman–Crippen MR) is 123 cm³/mol. The maximum Gasteiger partial charge on any atom is 0.337 e. The van der Waals surface area contributed by atoms with Crippen LogP contribution in [0.25, 0.3) is 11.1 Å². The molecule has 0 aliphatic carbocycles. The minimum atomic E-state index is -1.00. The Morgan fingerprint density at radius 2 is 1.75 bits per heavy atom. The van der Waals surface area contributed by atoms with E-state index in [1.807, 2.05) is 28.9 Å². The molecule has 3 aromatic rings. The first-order chi connectivity index (χ1) is 15.5. The van der Waals surface area contributed by atoms with Crippen molar-refractivity contribution in [2.75, 3.05) is 0 Å². The monoisotopic (exact) mass is 434 g/mol. The molecular weight excluding hydrogens is 404 g/mol. The number of aryl methyl sites for hydroxylation is 1. The number of unbranched alkanes of at least 4 members (excludes halogenated alkanes) is 3. The van der Waals surface area contributed by atoms with Crippen LogP contribution in [-0.2, 0) is 13.0 Å². The number of rotatable bonds is 12. The molecule has 0 aliphatic rings. The maximum absolute atomic E-state index is 12.4. The summed E-state index contributed by atoms with van der Waals surface area (Å²) in [5.41, 5.74) is 2.62. The van der Waals surface area contributed by atoms with Gasteiger partial charge in [-0.25, -0.2) is 14.5 Å². The van der Waals surface area contributed by atoms with E-state index in [4.69, 9.17) is 0 Å². The van der Waals surface area contributed by atoms with Crippen LogP contribution < -0.4 is 0 Å². The predicted octanol–water partition coefficient (Wildman–Crippen LogP) is 5.19. The fraction of sp³-hybridized carbons (Fsp3) is 0.400. The molecule has 0 radical (unpaired) electrons. The van der Waals surface area contributed by atoms with Crippen molar-refractivity contribution in [1.82, 2.24) is 19.7 Å². The van der Waals surface area contributed by atoms with Gasteiger partial charge in [0.15, 0.2) is 0 Å². The summed E-state index contributed by atoms with van der Waals surface area (Å²) in [6.07, 6.45) is 9.25. The normalized spacial score (nSPS) is 10.9. The fourth-order valence-corrected chi connectivity index (χ4v) is 3.57. The zero-order valence-electron chi connectivity index (χ0n) is 18.8. The van der Waals surface area contributed by atoms with Crippen LogP contribution in [0.3, 0.4) is 0 Å². The molecule has 7 heteroatoms. The summed E-state index contributed by atoms with van der Waals surface area (Å²) in [5.74, 6) is 0.141. The molecular formula is C25H30N4O3. The van der Waals surface area contributed by atoms with Gasteiger partial charge >= 0.3 is 5.97 Å². The van der Waals surface area contributed by atoms with Crippen LogP contribution in [0.2, 0.25) is 0 Å². The van der Waals surface area contributed by atoms with E-state index in [0.29, 0.717) is 24.4 Å². The van der Waals surface area contributed by atoms with Crippen LogP contribution in [0.15, 0.2) is 42.7 Å². The summed E-state index contributed by atoms with van der Waals surface area (Å²) in [6, 6.07) is 9.42. The van der Waals surface area contributed by atoms with Crippen molar-refractivity contribution in [3.63, 3.8) is 0 Å². The first kappa shape index (κ1) is 23.3. The van der Waals surface area contributed by atoms with Crippen LogP contribution in [0.1, 0.15) is 84.7 Å². The second-order valence-corrected chi connectivity index (χ2v) is 7.92. The molecule has 7 nitrogen and oxygen atoms in total. The lowest BCUT2D eigenvalue weighted by atomic mass is 10.0. The number of Topliss-reactive ketones (excluding diaryl/α,β-unsaturated/α-hetero) is 1. The average Bonchev–Trinajstić information content (AvgIpc) is 3.20. The Morgan fingerprint density at radius 1 is 1.00 bits per heavy atom. The van der Waals surface area contributed by atoms with E-state index in [9.17, 15) is 14.7 Å². The molecule has 0 atom stereocenters. The number of nitrogens with zero attached hydrogens (tertiary/aromatic N) is 4. The number of carbonyl (C=O) groups excluding carboxylic acids is 1. The van der Waals surface area contributed by atoms with E-state index < -0.39 is 5.97 Å². The van der Waals surface area contributed by atoms with E-state index >= 15 is 0 Å². The van der Waals surface area contributed by atoms with Gasteiger partial charge in [0.2, 0.25) is 11.6 Å². The minimum absolute atomic E-state index is 0.00317.